The third-order valence-electron chi connectivity index (χ3n) is 12.7. The maximum Gasteiger partial charge on any atom is 0.300 e. The molecule has 0 spiro atoms. The molecule has 4 aromatic rings. The Bertz CT molecular complexity index is 2590. The minimum absolute atomic E-state index is 0.0322. The quantitative estimate of drug-likeness (QED) is 0.137. The van der Waals surface area contributed by atoms with Crippen molar-refractivity contribution in [2.24, 2.45) is 0 Å². The highest BCUT2D eigenvalue weighted by atomic mass is 16.5. The fourth-order valence-corrected chi connectivity index (χ4v) is 8.69. The molecule has 2 unspecified atom stereocenters. The van der Waals surface area contributed by atoms with Gasteiger partial charge in [-0.05, 0) is 88.0 Å². The van der Waals surface area contributed by atoms with E-state index in [9.17, 15) is 29.7 Å². The fraction of sp³-hybridized carbons (Fsp3) is 0.500. The van der Waals surface area contributed by atoms with Crippen LogP contribution in [0.15, 0.2) is 57.4 Å². The van der Waals surface area contributed by atoms with Crippen LogP contribution in [0.1, 0.15) is 68.7 Å². The van der Waals surface area contributed by atoms with Gasteiger partial charge >= 0.3 is 0 Å². The van der Waals surface area contributed by atoms with Crippen LogP contribution >= 0.6 is 0 Å². The normalized spacial score (nSPS) is 18.8. The van der Waals surface area contributed by atoms with E-state index in [-0.39, 0.29) is 45.6 Å². The molecular weight excluding hydrogens is 897 g/mol. The molecule has 70 heavy (non-hydrogen) atoms. The molecule has 0 bridgehead atoms. The molecule has 372 valence electrons. The third kappa shape index (κ3) is 13.2. The number of likely N-dealkylation sites (N-methyl/N-ethyl adjacent to an activating group) is 2. The number of nitriles is 2. The SMILES string of the molecule is CC(=O)O.CCN1CCN(c2nc3c(C)cccn3c(=O)c2/C=C(\C#N)C(=O)NCC2CCCO2)CC1.CCN1CCN(c2nc3c(C)cccn3c(=O)c2/C=C(\C#N)C(=O)NCC2CCCO2)CC1. The molecule has 2 atom stereocenters. The number of piperazine rings is 2. The fourth-order valence-electron chi connectivity index (χ4n) is 8.69. The number of carboxylic acid groups (broad SMARTS) is 1. The zero-order valence-corrected chi connectivity index (χ0v) is 40.8. The van der Waals surface area contributed by atoms with Gasteiger partial charge in [-0.2, -0.15) is 10.5 Å². The number of aromatic nitrogens is 4. The van der Waals surface area contributed by atoms with Crippen molar-refractivity contribution in [3.05, 3.63) is 90.8 Å². The Labute approximate surface area is 407 Å². The number of anilines is 2. The van der Waals surface area contributed by atoms with Crippen molar-refractivity contribution < 1.29 is 29.0 Å². The van der Waals surface area contributed by atoms with Crippen LogP contribution in [0.2, 0.25) is 0 Å². The van der Waals surface area contributed by atoms with Gasteiger partial charge in [-0.1, -0.05) is 26.0 Å². The van der Waals surface area contributed by atoms with E-state index in [1.807, 2.05) is 38.1 Å². The molecule has 4 fully saturated rings. The van der Waals surface area contributed by atoms with Gasteiger partial charge in [0.25, 0.3) is 28.9 Å². The minimum Gasteiger partial charge on any atom is -0.481 e. The number of nitrogens with one attached hydrogen (secondary N) is 2. The van der Waals surface area contributed by atoms with Crippen molar-refractivity contribution in [1.82, 2.24) is 39.2 Å². The highest BCUT2D eigenvalue weighted by Crippen LogP contribution is 2.24. The number of fused-ring (bicyclic) bond motifs is 2. The number of hydrogen-bond acceptors (Lipinski definition) is 15. The summed E-state index contributed by atoms with van der Waals surface area (Å²) in [4.78, 5) is 79.9. The minimum atomic E-state index is -0.833. The van der Waals surface area contributed by atoms with Crippen LogP contribution < -0.4 is 31.6 Å². The monoisotopic (exact) mass is 960 g/mol. The van der Waals surface area contributed by atoms with Gasteiger partial charge in [0, 0.05) is 98.0 Å². The summed E-state index contributed by atoms with van der Waals surface area (Å²) >= 11 is 0. The number of aryl methyl sites for hydroxylation is 2. The highest BCUT2D eigenvalue weighted by Gasteiger charge is 2.26. The van der Waals surface area contributed by atoms with E-state index in [1.165, 1.54) is 21.0 Å². The second-order valence-corrected chi connectivity index (χ2v) is 17.5. The second-order valence-electron chi connectivity index (χ2n) is 17.5. The van der Waals surface area contributed by atoms with Crippen molar-refractivity contribution in [1.29, 1.82) is 10.5 Å². The van der Waals surface area contributed by atoms with E-state index in [1.54, 1.807) is 24.5 Å². The Morgan fingerprint density at radius 3 is 1.39 bits per heavy atom. The lowest BCUT2D eigenvalue weighted by Gasteiger charge is -2.35. The van der Waals surface area contributed by atoms with Crippen LogP contribution in [-0.4, -0.2) is 155 Å². The first kappa shape index (κ1) is 52.4. The first-order valence-electron chi connectivity index (χ1n) is 24.0. The molecule has 0 radical (unpaired) electrons. The molecule has 0 aliphatic carbocycles. The van der Waals surface area contributed by atoms with Crippen LogP contribution in [0.5, 0.6) is 0 Å². The summed E-state index contributed by atoms with van der Waals surface area (Å²) in [5.41, 5.74) is 2.61. The number of pyridine rings is 2. The van der Waals surface area contributed by atoms with Crippen LogP contribution in [0.4, 0.5) is 11.6 Å². The Balaban J connectivity index is 0.000000213. The smallest absolute Gasteiger partial charge is 0.300 e. The number of amides is 2. The second kappa shape index (κ2) is 25.1. The number of aliphatic carboxylic acids is 1. The summed E-state index contributed by atoms with van der Waals surface area (Å²) in [5.74, 6) is -0.818. The zero-order valence-electron chi connectivity index (χ0n) is 40.8. The van der Waals surface area contributed by atoms with E-state index in [0.717, 1.165) is 109 Å². The topological polar surface area (TPSA) is 243 Å². The van der Waals surface area contributed by atoms with E-state index < -0.39 is 17.8 Å². The number of nitrogens with zero attached hydrogens (tertiary/aromatic N) is 10. The number of ether oxygens (including phenoxy) is 2. The number of rotatable bonds is 12. The Kier molecular flexibility index (Phi) is 18.8. The standard InChI is InChI=1S/2C24H30N6O3.C2H4O2/c2*1-3-28-9-11-29(12-10-28)22-20(24(32)30-8-4-6-17(2)21(30)27-22)14-18(15-25)23(31)26-16-19-7-5-13-33-19;1-2(3)4/h2*4,6,8,14,19H,3,5,7,9-13,16H2,1-2H3,(H,26,31);1H3,(H,3,4)/b2*18-14+;. The Morgan fingerprint density at radius 2 is 1.07 bits per heavy atom. The summed E-state index contributed by atoms with van der Waals surface area (Å²) < 4.78 is 14.0. The molecular formula is C50H64N12O8. The van der Waals surface area contributed by atoms with Crippen molar-refractivity contribution in [3.8, 4) is 12.1 Å². The summed E-state index contributed by atoms with van der Waals surface area (Å²) in [5, 5.41) is 32.4. The first-order valence-corrected chi connectivity index (χ1v) is 24.0. The van der Waals surface area contributed by atoms with Gasteiger partial charge in [-0.15, -0.1) is 0 Å². The van der Waals surface area contributed by atoms with Gasteiger partial charge in [0.05, 0.1) is 23.3 Å². The summed E-state index contributed by atoms with van der Waals surface area (Å²) in [7, 11) is 0. The number of carbonyl (C=O) groups excluding carboxylic acids is 2. The maximum absolute atomic E-state index is 13.5. The van der Waals surface area contributed by atoms with Crippen molar-refractivity contribution in [2.75, 3.05) is 102 Å². The van der Waals surface area contributed by atoms with Gasteiger partial charge in [-0.3, -0.25) is 32.8 Å². The van der Waals surface area contributed by atoms with Crippen molar-refractivity contribution in [3.63, 3.8) is 0 Å². The molecule has 4 saturated heterocycles. The van der Waals surface area contributed by atoms with Crippen LogP contribution in [0.3, 0.4) is 0 Å². The molecule has 4 aliphatic rings. The van der Waals surface area contributed by atoms with Crippen molar-refractivity contribution >= 4 is 52.9 Å². The molecule has 3 N–H and O–H groups in total. The van der Waals surface area contributed by atoms with Crippen molar-refractivity contribution in [2.45, 2.75) is 72.5 Å². The van der Waals surface area contributed by atoms with Crippen LogP contribution in [-0.2, 0) is 23.9 Å². The summed E-state index contributed by atoms with van der Waals surface area (Å²) in [6.07, 6.45) is 9.74. The summed E-state index contributed by atoms with van der Waals surface area (Å²) in [6.45, 7) is 19.5. The predicted molar refractivity (Wildman–Crippen MR) is 266 cm³/mol. The van der Waals surface area contributed by atoms with Gasteiger partial charge in [0.1, 0.15) is 46.2 Å². The van der Waals surface area contributed by atoms with E-state index in [4.69, 9.17) is 29.3 Å². The number of hydrogen-bond donors (Lipinski definition) is 3. The molecule has 4 aromatic heterocycles. The molecule has 0 saturated carbocycles. The largest absolute Gasteiger partial charge is 0.481 e. The Hall–Kier alpha value is -6.97. The van der Waals surface area contributed by atoms with E-state index in [0.29, 0.717) is 49.2 Å². The van der Waals surface area contributed by atoms with E-state index >= 15 is 0 Å². The average Bonchev–Trinajstić information content (AvgIpc) is 4.11. The van der Waals surface area contributed by atoms with Crippen LogP contribution in [0.25, 0.3) is 23.4 Å². The molecule has 20 heteroatoms. The van der Waals surface area contributed by atoms with Gasteiger partial charge in [0.2, 0.25) is 0 Å². The molecule has 2 amide bonds. The molecule has 20 nitrogen and oxygen atoms in total. The molecule has 0 aromatic carbocycles. The maximum atomic E-state index is 13.5. The number of carbonyl (C=O) groups is 3. The lowest BCUT2D eigenvalue weighted by atomic mass is 10.1. The predicted octanol–water partition coefficient (Wildman–Crippen LogP) is 2.78. The molecule has 4 aliphatic heterocycles. The zero-order chi connectivity index (χ0) is 50.3. The average molecular weight is 961 g/mol. The van der Waals surface area contributed by atoms with Gasteiger partial charge < -0.3 is 44.8 Å². The molecule has 8 heterocycles. The molecule has 8 rings (SSSR count). The number of carboxylic acids is 1. The van der Waals surface area contributed by atoms with Crippen LogP contribution in [0, 0.1) is 36.5 Å². The third-order valence-corrected chi connectivity index (χ3v) is 12.7. The highest BCUT2D eigenvalue weighted by molar-refractivity contribution is 6.03. The lowest BCUT2D eigenvalue weighted by Crippen LogP contribution is -2.47. The van der Waals surface area contributed by atoms with Gasteiger partial charge in [-0.25, -0.2) is 9.97 Å². The van der Waals surface area contributed by atoms with Gasteiger partial charge in [0.15, 0.2) is 0 Å². The Morgan fingerprint density at radius 1 is 0.700 bits per heavy atom. The lowest BCUT2D eigenvalue weighted by molar-refractivity contribution is -0.134. The first-order chi connectivity index (χ1) is 33.8. The summed E-state index contributed by atoms with van der Waals surface area (Å²) in [6, 6.07) is 11.3. The van der Waals surface area contributed by atoms with E-state index in [2.05, 4.69) is 44.1 Å².